The highest BCUT2D eigenvalue weighted by Crippen LogP contribution is 2.38. The summed E-state index contributed by atoms with van der Waals surface area (Å²) in [5.41, 5.74) is 0.323. The average Bonchev–Trinajstić information content (AvgIpc) is 2.61. The van der Waals surface area contributed by atoms with Crippen molar-refractivity contribution < 1.29 is 14.4 Å². The van der Waals surface area contributed by atoms with E-state index in [9.17, 15) is 10.1 Å². The normalized spacial score (nSPS) is 14.2. The fraction of sp³-hybridized carbons (Fsp3) is 0.250. The minimum Gasteiger partial charge on any atom is -0.490 e. The molecule has 6 nitrogen and oxygen atoms in total. The van der Waals surface area contributed by atoms with E-state index in [0.717, 1.165) is 12.6 Å². The lowest BCUT2D eigenvalue weighted by Gasteiger charge is -2.09. The minimum absolute atomic E-state index is 0.0608. The first kappa shape index (κ1) is 12.0. The summed E-state index contributed by atoms with van der Waals surface area (Å²) < 4.78 is 11.1. The van der Waals surface area contributed by atoms with Crippen LogP contribution >= 0.6 is 11.6 Å². The van der Waals surface area contributed by atoms with E-state index >= 15 is 0 Å². The van der Waals surface area contributed by atoms with E-state index in [1.165, 1.54) is 0 Å². The van der Waals surface area contributed by atoms with Gasteiger partial charge in [0, 0.05) is 17.9 Å². The third-order valence-electron chi connectivity index (χ3n) is 2.85. The molecule has 7 heteroatoms. The molecule has 0 unspecified atom stereocenters. The number of fused-ring (bicyclic) bond motifs is 2. The Morgan fingerprint density at radius 2 is 1.95 bits per heavy atom. The fourth-order valence-corrected chi connectivity index (χ4v) is 2.20. The second-order valence-electron chi connectivity index (χ2n) is 4.08. The van der Waals surface area contributed by atoms with Gasteiger partial charge in [-0.3, -0.25) is 10.1 Å². The van der Waals surface area contributed by atoms with Crippen molar-refractivity contribution >= 4 is 28.2 Å². The van der Waals surface area contributed by atoms with Crippen molar-refractivity contribution in [2.45, 2.75) is 6.42 Å². The Labute approximate surface area is 113 Å². The molecule has 0 N–H and O–H groups in total. The molecule has 0 atom stereocenters. The van der Waals surface area contributed by atoms with Crippen molar-refractivity contribution in [3.63, 3.8) is 0 Å². The Hall–Kier alpha value is -2.08. The summed E-state index contributed by atoms with van der Waals surface area (Å²) in [5, 5.41) is 11.4. The number of rotatable bonds is 1. The molecule has 0 amide bonds. The fourth-order valence-electron chi connectivity index (χ4n) is 1.93. The Morgan fingerprint density at radius 1 is 1.26 bits per heavy atom. The summed E-state index contributed by atoms with van der Waals surface area (Å²) in [6, 6.07) is 3.32. The van der Waals surface area contributed by atoms with E-state index in [-0.39, 0.29) is 10.7 Å². The SMILES string of the molecule is O=[N+]([O-])c1cnc2cc3c(cc2c1Cl)OCCCO3. The van der Waals surface area contributed by atoms with Crippen molar-refractivity contribution in [2.24, 2.45) is 0 Å². The summed E-state index contributed by atoms with van der Waals surface area (Å²) in [6.45, 7) is 1.11. The number of nitro groups is 1. The number of ether oxygens (including phenoxy) is 2. The first-order chi connectivity index (χ1) is 9.16. The van der Waals surface area contributed by atoms with Gasteiger partial charge in [0.2, 0.25) is 0 Å². The molecule has 3 rings (SSSR count). The lowest BCUT2D eigenvalue weighted by Crippen LogP contribution is -1.97. The Kier molecular flexibility index (Phi) is 2.87. The van der Waals surface area contributed by atoms with Crippen LogP contribution in [0.4, 0.5) is 5.69 Å². The molecule has 0 radical (unpaired) electrons. The smallest absolute Gasteiger partial charge is 0.306 e. The number of hydrogen-bond donors (Lipinski definition) is 0. The lowest BCUT2D eigenvalue weighted by atomic mass is 10.2. The zero-order chi connectivity index (χ0) is 13.4. The maximum absolute atomic E-state index is 10.8. The Bertz CT molecular complexity index is 674. The van der Waals surface area contributed by atoms with Gasteiger partial charge in [-0.05, 0) is 6.07 Å². The highest BCUT2D eigenvalue weighted by Gasteiger charge is 2.19. The molecule has 0 fully saturated rings. The number of pyridine rings is 1. The summed E-state index contributed by atoms with van der Waals surface area (Å²) >= 11 is 6.04. The number of halogens is 1. The predicted molar refractivity (Wildman–Crippen MR) is 69.0 cm³/mol. The maximum atomic E-state index is 10.8. The quantitative estimate of drug-likeness (QED) is 0.593. The molecule has 0 saturated heterocycles. The highest BCUT2D eigenvalue weighted by atomic mass is 35.5. The van der Waals surface area contributed by atoms with Gasteiger partial charge in [-0.1, -0.05) is 11.6 Å². The second kappa shape index (κ2) is 4.55. The third-order valence-corrected chi connectivity index (χ3v) is 3.25. The molecule has 0 spiro atoms. The van der Waals surface area contributed by atoms with E-state index in [4.69, 9.17) is 21.1 Å². The summed E-state index contributed by atoms with van der Waals surface area (Å²) in [4.78, 5) is 14.3. The second-order valence-corrected chi connectivity index (χ2v) is 4.46. The molecule has 2 heterocycles. The van der Waals surface area contributed by atoms with Crippen LogP contribution in [0.1, 0.15) is 6.42 Å². The van der Waals surface area contributed by atoms with Gasteiger partial charge in [0.1, 0.15) is 11.2 Å². The largest absolute Gasteiger partial charge is 0.490 e. The first-order valence-corrected chi connectivity index (χ1v) is 6.07. The molecular formula is C12H9ClN2O4. The average molecular weight is 281 g/mol. The number of aromatic nitrogens is 1. The number of nitrogens with zero attached hydrogens (tertiary/aromatic N) is 2. The molecule has 0 aliphatic carbocycles. The van der Waals surface area contributed by atoms with Crippen LogP contribution in [-0.2, 0) is 0 Å². The molecule has 1 aliphatic heterocycles. The molecular weight excluding hydrogens is 272 g/mol. The van der Waals surface area contributed by atoms with Crippen LogP contribution in [0.25, 0.3) is 10.9 Å². The maximum Gasteiger partial charge on any atom is 0.306 e. The van der Waals surface area contributed by atoms with Crippen LogP contribution in [0.15, 0.2) is 18.3 Å². The van der Waals surface area contributed by atoms with Crippen molar-refractivity contribution in [1.82, 2.24) is 4.98 Å². The molecule has 1 aromatic heterocycles. The van der Waals surface area contributed by atoms with Gasteiger partial charge in [-0.2, -0.15) is 0 Å². The van der Waals surface area contributed by atoms with E-state index < -0.39 is 4.92 Å². The zero-order valence-corrected chi connectivity index (χ0v) is 10.5. The van der Waals surface area contributed by atoms with Gasteiger partial charge >= 0.3 is 5.69 Å². The molecule has 19 heavy (non-hydrogen) atoms. The topological polar surface area (TPSA) is 74.5 Å². The van der Waals surface area contributed by atoms with E-state index in [1.54, 1.807) is 12.1 Å². The Morgan fingerprint density at radius 3 is 2.63 bits per heavy atom. The van der Waals surface area contributed by atoms with E-state index in [0.29, 0.717) is 35.6 Å². The van der Waals surface area contributed by atoms with Gasteiger partial charge in [0.15, 0.2) is 11.5 Å². The third kappa shape index (κ3) is 2.04. The molecule has 1 aromatic carbocycles. The van der Waals surface area contributed by atoms with Gasteiger partial charge < -0.3 is 9.47 Å². The molecule has 98 valence electrons. The summed E-state index contributed by atoms with van der Waals surface area (Å²) in [6.07, 6.45) is 1.93. The van der Waals surface area contributed by atoms with Gasteiger partial charge in [0.05, 0.1) is 23.7 Å². The van der Waals surface area contributed by atoms with Gasteiger partial charge in [0.25, 0.3) is 0 Å². The molecule has 0 saturated carbocycles. The number of benzene rings is 1. The number of hydrogen-bond acceptors (Lipinski definition) is 5. The summed E-state index contributed by atoms with van der Waals surface area (Å²) in [7, 11) is 0. The Balaban J connectivity index is 2.24. The van der Waals surface area contributed by atoms with Crippen molar-refractivity contribution in [3.8, 4) is 11.5 Å². The van der Waals surface area contributed by atoms with Crippen LogP contribution in [0.2, 0.25) is 5.02 Å². The zero-order valence-electron chi connectivity index (χ0n) is 9.76. The molecule has 1 aliphatic rings. The van der Waals surface area contributed by atoms with Crippen molar-refractivity contribution in [2.75, 3.05) is 13.2 Å². The lowest BCUT2D eigenvalue weighted by molar-refractivity contribution is -0.384. The van der Waals surface area contributed by atoms with Crippen LogP contribution in [-0.4, -0.2) is 23.1 Å². The monoisotopic (exact) mass is 280 g/mol. The predicted octanol–water partition coefficient (Wildman–Crippen LogP) is 2.96. The molecule has 2 aromatic rings. The van der Waals surface area contributed by atoms with Gasteiger partial charge in [-0.25, -0.2) is 4.98 Å². The van der Waals surface area contributed by atoms with Crippen LogP contribution in [0.5, 0.6) is 11.5 Å². The summed E-state index contributed by atoms with van der Waals surface area (Å²) in [5.74, 6) is 1.12. The van der Waals surface area contributed by atoms with Crippen molar-refractivity contribution in [1.29, 1.82) is 0 Å². The standard InChI is InChI=1S/C12H9ClN2O4/c13-12-7-4-10-11(19-3-1-2-18-10)5-8(7)14-6-9(12)15(16)17/h4-6H,1-3H2. The van der Waals surface area contributed by atoms with E-state index in [1.807, 2.05) is 0 Å². The van der Waals surface area contributed by atoms with Crippen LogP contribution in [0, 0.1) is 10.1 Å². The minimum atomic E-state index is -0.558. The van der Waals surface area contributed by atoms with Gasteiger partial charge in [-0.15, -0.1) is 0 Å². The highest BCUT2D eigenvalue weighted by molar-refractivity contribution is 6.37. The van der Waals surface area contributed by atoms with Crippen LogP contribution < -0.4 is 9.47 Å². The van der Waals surface area contributed by atoms with Crippen LogP contribution in [0.3, 0.4) is 0 Å². The van der Waals surface area contributed by atoms with Crippen molar-refractivity contribution in [3.05, 3.63) is 33.5 Å². The molecule has 0 bridgehead atoms. The van der Waals surface area contributed by atoms with E-state index in [2.05, 4.69) is 4.98 Å². The first-order valence-electron chi connectivity index (χ1n) is 5.69.